The maximum atomic E-state index is 11.0. The third-order valence-corrected chi connectivity index (χ3v) is 2.39. The van der Waals surface area contributed by atoms with Gasteiger partial charge in [-0.3, -0.25) is 0 Å². The van der Waals surface area contributed by atoms with Crippen molar-refractivity contribution in [3.05, 3.63) is 35.9 Å². The molecule has 4 N–H and O–H groups in total. The minimum Gasteiger partial charge on any atom is -0.480 e. The molecule has 0 bridgehead atoms. The second-order valence-electron chi connectivity index (χ2n) is 3.52. The summed E-state index contributed by atoms with van der Waals surface area (Å²) in [5, 5.41) is 11.2. The van der Waals surface area contributed by atoms with E-state index in [1.165, 1.54) is 0 Å². The molecule has 0 heterocycles. The molecule has 0 saturated carbocycles. The van der Waals surface area contributed by atoms with E-state index in [0.717, 1.165) is 5.56 Å². The van der Waals surface area contributed by atoms with E-state index < -0.39 is 18.0 Å². The molecule has 0 spiro atoms. The van der Waals surface area contributed by atoms with Crippen LogP contribution in [-0.4, -0.2) is 23.1 Å². The molecular weight excluding hydrogens is 208 g/mol. The molecule has 0 saturated heterocycles. The maximum absolute atomic E-state index is 11.0. The highest BCUT2D eigenvalue weighted by Crippen LogP contribution is 2.18. The van der Waals surface area contributed by atoms with Gasteiger partial charge in [0, 0.05) is 5.92 Å². The Bertz CT molecular complexity index is 378. The zero-order valence-electron chi connectivity index (χ0n) is 8.88. The molecule has 1 rings (SSSR count). The largest absolute Gasteiger partial charge is 0.480 e. The molecule has 0 aromatic heterocycles. The van der Waals surface area contributed by atoms with Gasteiger partial charge in [0.2, 0.25) is 0 Å². The first-order valence-electron chi connectivity index (χ1n) is 4.86. The fraction of sp³-hybridized carbons (Fsp3) is 0.273. The monoisotopic (exact) mass is 222 g/mol. The van der Waals surface area contributed by atoms with Crippen LogP contribution in [0.1, 0.15) is 18.4 Å². The smallest absolute Gasteiger partial charge is 0.326 e. The quantitative estimate of drug-likeness (QED) is 0.707. The number of hydrogen-bond donors (Lipinski definition) is 3. The number of amides is 2. The Labute approximate surface area is 93.3 Å². The van der Waals surface area contributed by atoms with Gasteiger partial charge in [-0.05, 0) is 5.56 Å². The van der Waals surface area contributed by atoms with Gasteiger partial charge in [-0.2, -0.15) is 0 Å². The first-order valence-corrected chi connectivity index (χ1v) is 4.86. The fourth-order valence-electron chi connectivity index (χ4n) is 1.50. The molecule has 2 atom stereocenters. The molecule has 0 unspecified atom stereocenters. The number of urea groups is 1. The molecule has 0 aliphatic rings. The van der Waals surface area contributed by atoms with Crippen molar-refractivity contribution >= 4 is 12.0 Å². The Kier molecular flexibility index (Phi) is 3.88. The molecule has 1 aromatic carbocycles. The van der Waals surface area contributed by atoms with E-state index in [0.29, 0.717) is 0 Å². The summed E-state index contributed by atoms with van der Waals surface area (Å²) in [7, 11) is 0. The predicted molar refractivity (Wildman–Crippen MR) is 59.0 cm³/mol. The normalized spacial score (nSPS) is 13.8. The summed E-state index contributed by atoms with van der Waals surface area (Å²) < 4.78 is 0. The van der Waals surface area contributed by atoms with Crippen LogP contribution in [0.25, 0.3) is 0 Å². The SMILES string of the molecule is C[C@H](c1ccccc1)[C@@H](NC(N)=O)C(=O)O. The molecular formula is C11H14N2O3. The number of carboxylic acid groups (broad SMARTS) is 1. The lowest BCUT2D eigenvalue weighted by molar-refractivity contribution is -0.139. The van der Waals surface area contributed by atoms with Crippen molar-refractivity contribution in [2.75, 3.05) is 0 Å². The number of benzene rings is 1. The molecule has 0 aliphatic heterocycles. The molecule has 5 heteroatoms. The third-order valence-electron chi connectivity index (χ3n) is 2.39. The highest BCUT2D eigenvalue weighted by Gasteiger charge is 2.26. The molecule has 0 radical (unpaired) electrons. The van der Waals surface area contributed by atoms with Gasteiger partial charge < -0.3 is 16.2 Å². The first kappa shape index (κ1) is 12.0. The van der Waals surface area contributed by atoms with Gasteiger partial charge in [0.25, 0.3) is 0 Å². The van der Waals surface area contributed by atoms with Crippen LogP contribution >= 0.6 is 0 Å². The Balaban J connectivity index is 2.87. The van der Waals surface area contributed by atoms with Gasteiger partial charge in [-0.1, -0.05) is 37.3 Å². The number of carbonyl (C=O) groups excluding carboxylic acids is 1. The standard InChI is InChI=1S/C11H14N2O3/c1-7(8-5-3-2-4-6-8)9(10(14)15)13-11(12)16/h2-7,9H,1H3,(H,14,15)(H3,12,13,16)/t7-,9-/m1/s1. The summed E-state index contributed by atoms with van der Waals surface area (Å²) in [5.41, 5.74) is 5.77. The van der Waals surface area contributed by atoms with E-state index in [2.05, 4.69) is 5.32 Å². The highest BCUT2D eigenvalue weighted by atomic mass is 16.4. The number of carbonyl (C=O) groups is 2. The van der Waals surface area contributed by atoms with Gasteiger partial charge in [0.1, 0.15) is 6.04 Å². The van der Waals surface area contributed by atoms with Crippen molar-refractivity contribution in [1.82, 2.24) is 5.32 Å². The molecule has 5 nitrogen and oxygen atoms in total. The van der Waals surface area contributed by atoms with E-state index in [4.69, 9.17) is 10.8 Å². The molecule has 1 aromatic rings. The predicted octanol–water partition coefficient (Wildman–Crippen LogP) is 0.912. The number of carboxylic acids is 1. The maximum Gasteiger partial charge on any atom is 0.326 e. The number of rotatable bonds is 4. The Morgan fingerprint density at radius 2 is 1.88 bits per heavy atom. The lowest BCUT2D eigenvalue weighted by Crippen LogP contribution is -2.46. The second kappa shape index (κ2) is 5.16. The van der Waals surface area contributed by atoms with E-state index in [1.54, 1.807) is 6.92 Å². The summed E-state index contributed by atoms with van der Waals surface area (Å²) in [6, 6.07) is 7.24. The zero-order valence-corrected chi connectivity index (χ0v) is 8.88. The number of primary amides is 1. The number of nitrogens with two attached hydrogens (primary N) is 1. The topological polar surface area (TPSA) is 92.4 Å². The van der Waals surface area contributed by atoms with Crippen molar-refractivity contribution in [2.24, 2.45) is 5.73 Å². The van der Waals surface area contributed by atoms with Crippen LogP contribution in [0.3, 0.4) is 0 Å². The van der Waals surface area contributed by atoms with Gasteiger partial charge >= 0.3 is 12.0 Å². The van der Waals surface area contributed by atoms with Crippen LogP contribution in [0.4, 0.5) is 4.79 Å². The summed E-state index contributed by atoms with van der Waals surface area (Å²) in [4.78, 5) is 21.7. The number of hydrogen-bond acceptors (Lipinski definition) is 2. The van der Waals surface area contributed by atoms with Crippen molar-refractivity contribution in [1.29, 1.82) is 0 Å². The summed E-state index contributed by atoms with van der Waals surface area (Å²) >= 11 is 0. The van der Waals surface area contributed by atoms with E-state index >= 15 is 0 Å². The van der Waals surface area contributed by atoms with E-state index in [-0.39, 0.29) is 5.92 Å². The molecule has 0 aliphatic carbocycles. The second-order valence-corrected chi connectivity index (χ2v) is 3.52. The van der Waals surface area contributed by atoms with Crippen LogP contribution in [-0.2, 0) is 4.79 Å². The van der Waals surface area contributed by atoms with Crippen LogP contribution in [0.15, 0.2) is 30.3 Å². The Morgan fingerprint density at radius 1 is 1.31 bits per heavy atom. The minimum atomic E-state index is -1.10. The third kappa shape index (κ3) is 2.98. The summed E-state index contributed by atoms with van der Waals surface area (Å²) in [5.74, 6) is -1.44. The number of aliphatic carboxylic acids is 1. The Morgan fingerprint density at radius 3 is 2.31 bits per heavy atom. The lowest BCUT2D eigenvalue weighted by atomic mass is 9.93. The Hall–Kier alpha value is -2.04. The van der Waals surface area contributed by atoms with E-state index in [1.807, 2.05) is 30.3 Å². The average Bonchev–Trinajstić information content (AvgIpc) is 2.25. The molecule has 0 fully saturated rings. The van der Waals surface area contributed by atoms with Crippen LogP contribution < -0.4 is 11.1 Å². The molecule has 86 valence electrons. The molecule has 16 heavy (non-hydrogen) atoms. The average molecular weight is 222 g/mol. The highest BCUT2D eigenvalue weighted by molar-refractivity contribution is 5.82. The van der Waals surface area contributed by atoms with Crippen molar-refractivity contribution < 1.29 is 14.7 Å². The molecule has 2 amide bonds. The van der Waals surface area contributed by atoms with Gasteiger partial charge in [0.05, 0.1) is 0 Å². The summed E-state index contributed by atoms with van der Waals surface area (Å²) in [6.45, 7) is 1.73. The van der Waals surface area contributed by atoms with Crippen molar-refractivity contribution in [3.8, 4) is 0 Å². The van der Waals surface area contributed by atoms with E-state index in [9.17, 15) is 9.59 Å². The van der Waals surface area contributed by atoms with Crippen molar-refractivity contribution in [2.45, 2.75) is 18.9 Å². The lowest BCUT2D eigenvalue weighted by Gasteiger charge is -2.20. The minimum absolute atomic E-state index is 0.341. The van der Waals surface area contributed by atoms with Crippen molar-refractivity contribution in [3.63, 3.8) is 0 Å². The zero-order chi connectivity index (χ0) is 12.1. The van der Waals surface area contributed by atoms with Crippen LogP contribution in [0.5, 0.6) is 0 Å². The van der Waals surface area contributed by atoms with Crippen LogP contribution in [0.2, 0.25) is 0 Å². The first-order chi connectivity index (χ1) is 7.52. The number of nitrogens with one attached hydrogen (secondary N) is 1. The van der Waals surface area contributed by atoms with Gasteiger partial charge in [-0.25, -0.2) is 9.59 Å². The summed E-state index contributed by atoms with van der Waals surface area (Å²) in [6.07, 6.45) is 0. The van der Waals surface area contributed by atoms with Gasteiger partial charge in [0.15, 0.2) is 0 Å². The fourth-order valence-corrected chi connectivity index (χ4v) is 1.50. The van der Waals surface area contributed by atoms with Gasteiger partial charge in [-0.15, -0.1) is 0 Å². The van der Waals surface area contributed by atoms with Crippen LogP contribution in [0, 0.1) is 0 Å².